The second-order valence-electron chi connectivity index (χ2n) is 7.75. The molecule has 1 amide bonds. The molecule has 1 fully saturated rings. The first kappa shape index (κ1) is 21.3. The summed E-state index contributed by atoms with van der Waals surface area (Å²) >= 11 is 0. The molecule has 5 heteroatoms. The van der Waals surface area contributed by atoms with E-state index in [-0.39, 0.29) is 5.91 Å². The van der Waals surface area contributed by atoms with Gasteiger partial charge in [0.1, 0.15) is 12.4 Å². The number of hydrogen-bond donors (Lipinski definition) is 1. The van der Waals surface area contributed by atoms with Gasteiger partial charge in [0.05, 0.1) is 12.2 Å². The van der Waals surface area contributed by atoms with Gasteiger partial charge in [-0.1, -0.05) is 43.3 Å². The molecule has 1 N–H and O–H groups in total. The molecule has 1 aliphatic heterocycles. The van der Waals surface area contributed by atoms with Crippen LogP contribution in [-0.2, 0) is 17.8 Å². The van der Waals surface area contributed by atoms with E-state index in [1.54, 1.807) is 13.2 Å². The van der Waals surface area contributed by atoms with E-state index in [1.165, 1.54) is 18.4 Å². The first-order valence-corrected chi connectivity index (χ1v) is 10.5. The summed E-state index contributed by atoms with van der Waals surface area (Å²) in [6.45, 7) is 6.97. The number of carbonyl (C=O) groups excluding carboxylic acids is 1. The van der Waals surface area contributed by atoms with Crippen LogP contribution in [0.5, 0.6) is 5.75 Å². The highest BCUT2D eigenvalue weighted by molar-refractivity contribution is 5.96. The Morgan fingerprint density at radius 3 is 2.48 bits per heavy atom. The van der Waals surface area contributed by atoms with Crippen LogP contribution < -0.4 is 10.1 Å². The number of amides is 1. The summed E-state index contributed by atoms with van der Waals surface area (Å²) in [5.74, 6) is 1.28. The fourth-order valence-electron chi connectivity index (χ4n) is 3.63. The average Bonchev–Trinajstić information content (AvgIpc) is 2.75. The summed E-state index contributed by atoms with van der Waals surface area (Å²) in [6, 6.07) is 15.7. The van der Waals surface area contributed by atoms with E-state index in [0.29, 0.717) is 31.1 Å². The molecule has 5 nitrogen and oxygen atoms in total. The monoisotopic (exact) mass is 396 g/mol. The number of nitrogens with zero attached hydrogens (tertiary/aromatic N) is 1. The van der Waals surface area contributed by atoms with Crippen LogP contribution in [0.15, 0.2) is 48.5 Å². The van der Waals surface area contributed by atoms with E-state index < -0.39 is 0 Å². The van der Waals surface area contributed by atoms with Gasteiger partial charge in [0, 0.05) is 20.2 Å². The summed E-state index contributed by atoms with van der Waals surface area (Å²) in [5.41, 5.74) is 3.00. The number of piperidine rings is 1. The third kappa shape index (κ3) is 6.31. The molecule has 2 aromatic rings. The van der Waals surface area contributed by atoms with Gasteiger partial charge in [-0.3, -0.25) is 9.69 Å². The molecule has 156 valence electrons. The number of likely N-dealkylation sites (tertiary alicyclic amines) is 1. The lowest BCUT2D eigenvalue weighted by Gasteiger charge is -2.30. The van der Waals surface area contributed by atoms with Crippen molar-refractivity contribution in [2.24, 2.45) is 5.92 Å². The number of methoxy groups -OCH3 is 1. The topological polar surface area (TPSA) is 50.8 Å². The smallest absolute Gasteiger partial charge is 0.255 e. The Morgan fingerprint density at radius 1 is 1.03 bits per heavy atom. The Kier molecular flexibility index (Phi) is 8.08. The molecular formula is C24H32N2O3. The van der Waals surface area contributed by atoms with Crippen LogP contribution in [0.1, 0.15) is 41.3 Å². The minimum absolute atomic E-state index is 0.125. The second-order valence-corrected chi connectivity index (χ2v) is 7.75. The zero-order valence-electron chi connectivity index (χ0n) is 17.5. The fraction of sp³-hybridized carbons (Fsp3) is 0.458. The van der Waals surface area contributed by atoms with Crippen molar-refractivity contribution in [1.29, 1.82) is 0 Å². The Bertz CT molecular complexity index is 785. The van der Waals surface area contributed by atoms with Crippen LogP contribution in [0.3, 0.4) is 0 Å². The lowest BCUT2D eigenvalue weighted by Crippen LogP contribution is -2.33. The largest absolute Gasteiger partial charge is 0.490 e. The molecule has 0 bridgehead atoms. The number of ether oxygens (including phenoxy) is 2. The van der Waals surface area contributed by atoms with Crippen molar-refractivity contribution in [2.75, 3.05) is 33.4 Å². The van der Waals surface area contributed by atoms with E-state index in [9.17, 15) is 4.79 Å². The number of carbonyl (C=O) groups is 1. The van der Waals surface area contributed by atoms with Crippen molar-refractivity contribution in [1.82, 2.24) is 10.2 Å². The van der Waals surface area contributed by atoms with Gasteiger partial charge >= 0.3 is 0 Å². The number of para-hydroxylation sites is 1. The molecular weight excluding hydrogens is 364 g/mol. The average molecular weight is 397 g/mol. The first-order chi connectivity index (χ1) is 14.2. The van der Waals surface area contributed by atoms with Crippen molar-refractivity contribution in [3.8, 4) is 5.75 Å². The number of hydrogen-bond acceptors (Lipinski definition) is 4. The molecule has 0 aromatic heterocycles. The minimum Gasteiger partial charge on any atom is -0.490 e. The van der Waals surface area contributed by atoms with Crippen molar-refractivity contribution in [3.05, 3.63) is 65.2 Å². The van der Waals surface area contributed by atoms with E-state index in [0.717, 1.165) is 31.1 Å². The van der Waals surface area contributed by atoms with Crippen molar-refractivity contribution in [3.63, 3.8) is 0 Å². The molecule has 0 atom stereocenters. The van der Waals surface area contributed by atoms with Crippen LogP contribution >= 0.6 is 0 Å². The molecule has 0 saturated carbocycles. The van der Waals surface area contributed by atoms with Crippen LogP contribution in [-0.4, -0.2) is 44.2 Å². The number of rotatable bonds is 9. The van der Waals surface area contributed by atoms with E-state index in [1.807, 2.05) is 24.3 Å². The molecule has 0 radical (unpaired) electrons. The summed E-state index contributed by atoms with van der Waals surface area (Å²) < 4.78 is 10.7. The van der Waals surface area contributed by atoms with Gasteiger partial charge in [-0.05, 0) is 55.1 Å². The molecule has 1 heterocycles. The second kappa shape index (κ2) is 11.0. The minimum atomic E-state index is -0.125. The maximum atomic E-state index is 12.8. The molecule has 1 aliphatic rings. The molecule has 0 spiro atoms. The maximum Gasteiger partial charge on any atom is 0.255 e. The van der Waals surface area contributed by atoms with Gasteiger partial charge in [-0.15, -0.1) is 0 Å². The highest BCUT2D eigenvalue weighted by Gasteiger charge is 2.17. The summed E-state index contributed by atoms with van der Waals surface area (Å²) in [5, 5.41) is 3.06. The first-order valence-electron chi connectivity index (χ1n) is 10.5. The molecule has 0 aliphatic carbocycles. The summed E-state index contributed by atoms with van der Waals surface area (Å²) in [6.07, 6.45) is 2.53. The van der Waals surface area contributed by atoms with Crippen molar-refractivity contribution in [2.45, 2.75) is 32.9 Å². The summed E-state index contributed by atoms with van der Waals surface area (Å²) in [7, 11) is 1.63. The Hall–Kier alpha value is -2.37. The summed E-state index contributed by atoms with van der Waals surface area (Å²) in [4.78, 5) is 15.3. The lowest BCUT2D eigenvalue weighted by molar-refractivity contribution is 0.0943. The zero-order valence-corrected chi connectivity index (χ0v) is 17.5. The van der Waals surface area contributed by atoms with Gasteiger partial charge in [0.15, 0.2) is 0 Å². The van der Waals surface area contributed by atoms with Crippen LogP contribution in [0.4, 0.5) is 0 Å². The van der Waals surface area contributed by atoms with E-state index in [2.05, 4.69) is 35.3 Å². The lowest BCUT2D eigenvalue weighted by atomic mass is 9.98. The highest BCUT2D eigenvalue weighted by atomic mass is 16.5. The quantitative estimate of drug-likeness (QED) is 0.654. The molecule has 1 saturated heterocycles. The standard InChI is InChI=1S/C24H32N2O3/c1-19-11-13-26(14-12-19)18-21-8-4-3-7-20(21)17-25-24(27)22-9-5-6-10-23(22)29-16-15-28-2/h3-10,19H,11-18H2,1-2H3,(H,25,27). The van der Waals surface area contributed by atoms with Crippen LogP contribution in [0.25, 0.3) is 0 Å². The predicted molar refractivity (Wildman–Crippen MR) is 115 cm³/mol. The maximum absolute atomic E-state index is 12.8. The van der Waals surface area contributed by atoms with Gasteiger partial charge in [-0.2, -0.15) is 0 Å². The van der Waals surface area contributed by atoms with E-state index in [4.69, 9.17) is 9.47 Å². The van der Waals surface area contributed by atoms with Crippen molar-refractivity contribution >= 4 is 5.91 Å². The van der Waals surface area contributed by atoms with E-state index >= 15 is 0 Å². The molecule has 2 aromatic carbocycles. The number of benzene rings is 2. The Balaban J connectivity index is 1.61. The third-order valence-corrected chi connectivity index (χ3v) is 5.50. The Morgan fingerprint density at radius 2 is 1.72 bits per heavy atom. The highest BCUT2D eigenvalue weighted by Crippen LogP contribution is 2.21. The van der Waals surface area contributed by atoms with Crippen LogP contribution in [0.2, 0.25) is 0 Å². The molecule has 3 rings (SSSR count). The van der Waals surface area contributed by atoms with Crippen LogP contribution in [0, 0.1) is 5.92 Å². The zero-order chi connectivity index (χ0) is 20.5. The Labute approximate surface area is 174 Å². The normalized spacial score (nSPS) is 15.2. The fourth-order valence-corrected chi connectivity index (χ4v) is 3.63. The van der Waals surface area contributed by atoms with Gasteiger partial charge < -0.3 is 14.8 Å². The SMILES string of the molecule is COCCOc1ccccc1C(=O)NCc1ccccc1CN1CCC(C)CC1. The number of nitrogens with one attached hydrogen (secondary N) is 1. The van der Waals surface area contributed by atoms with Gasteiger partial charge in [-0.25, -0.2) is 0 Å². The van der Waals surface area contributed by atoms with Gasteiger partial charge in [0.25, 0.3) is 5.91 Å². The third-order valence-electron chi connectivity index (χ3n) is 5.50. The molecule has 0 unspecified atom stereocenters. The van der Waals surface area contributed by atoms with Gasteiger partial charge in [0.2, 0.25) is 0 Å². The predicted octanol–water partition coefficient (Wildman–Crippen LogP) is 3.87. The van der Waals surface area contributed by atoms with Crippen molar-refractivity contribution < 1.29 is 14.3 Å². The molecule has 29 heavy (non-hydrogen) atoms.